The van der Waals surface area contributed by atoms with E-state index in [2.05, 4.69) is 0 Å². The number of nitriles is 1. The molecular weight excluding hydrogens is 116 g/mol. The molecule has 0 bridgehead atoms. The van der Waals surface area contributed by atoms with Gasteiger partial charge in [0.2, 0.25) is 0 Å². The highest BCUT2D eigenvalue weighted by atomic mass is 16.5. The molecule has 1 rings (SSSR count). The van der Waals surface area contributed by atoms with Crippen LogP contribution in [0.25, 0.3) is 0 Å². The van der Waals surface area contributed by atoms with Crippen molar-refractivity contribution in [3.05, 3.63) is 11.8 Å². The number of ether oxygens (including phenoxy) is 1. The Bertz CT molecular complexity index is 168. The Kier molecular flexibility index (Phi) is 1.71. The first-order valence-electron chi connectivity index (χ1n) is 2.82. The monoisotopic (exact) mass is 124 g/mol. The standard InChI is InChI=1S/C6H8N2O/c7-4-5(8)6-2-1-3-9-6/h2,5H,1,3,8H2. The molecule has 48 valence electrons. The van der Waals surface area contributed by atoms with Crippen LogP contribution in [0.1, 0.15) is 6.42 Å². The smallest absolute Gasteiger partial charge is 0.150 e. The lowest BCUT2D eigenvalue weighted by molar-refractivity contribution is 0.233. The second-order valence-electron chi connectivity index (χ2n) is 1.85. The molecule has 3 nitrogen and oxygen atoms in total. The minimum atomic E-state index is -0.563. The Morgan fingerprint density at radius 3 is 3.11 bits per heavy atom. The number of nitrogens with zero attached hydrogens (tertiary/aromatic N) is 1. The normalized spacial score (nSPS) is 19.8. The van der Waals surface area contributed by atoms with E-state index in [9.17, 15) is 0 Å². The molecule has 0 aliphatic carbocycles. The topological polar surface area (TPSA) is 59.0 Å². The van der Waals surface area contributed by atoms with Gasteiger partial charge in [-0.25, -0.2) is 0 Å². The molecule has 9 heavy (non-hydrogen) atoms. The van der Waals surface area contributed by atoms with Crippen LogP contribution in [-0.4, -0.2) is 12.6 Å². The molecule has 1 heterocycles. The molecule has 0 fully saturated rings. The van der Waals surface area contributed by atoms with Gasteiger partial charge >= 0.3 is 0 Å². The summed E-state index contributed by atoms with van der Waals surface area (Å²) in [6.07, 6.45) is 2.73. The van der Waals surface area contributed by atoms with Crippen LogP contribution in [-0.2, 0) is 4.74 Å². The average molecular weight is 124 g/mol. The Hall–Kier alpha value is -1.01. The van der Waals surface area contributed by atoms with Crippen LogP contribution in [0.5, 0.6) is 0 Å². The maximum Gasteiger partial charge on any atom is 0.150 e. The van der Waals surface area contributed by atoms with Crippen molar-refractivity contribution in [1.29, 1.82) is 5.26 Å². The molecule has 0 saturated carbocycles. The van der Waals surface area contributed by atoms with Gasteiger partial charge in [0.05, 0.1) is 12.7 Å². The summed E-state index contributed by atoms with van der Waals surface area (Å²) in [6.45, 7) is 0.671. The van der Waals surface area contributed by atoms with E-state index < -0.39 is 6.04 Å². The predicted molar refractivity (Wildman–Crippen MR) is 32.2 cm³/mol. The minimum absolute atomic E-state index is 0.563. The first kappa shape index (κ1) is 6.12. The molecule has 0 saturated heterocycles. The number of hydrogen-bond donors (Lipinski definition) is 1. The van der Waals surface area contributed by atoms with E-state index >= 15 is 0 Å². The molecule has 0 radical (unpaired) electrons. The van der Waals surface area contributed by atoms with E-state index in [0.717, 1.165) is 6.42 Å². The first-order chi connectivity index (χ1) is 4.34. The zero-order valence-corrected chi connectivity index (χ0v) is 5.00. The maximum absolute atomic E-state index is 8.30. The third-order valence-corrected chi connectivity index (χ3v) is 1.18. The molecule has 0 aromatic heterocycles. The second kappa shape index (κ2) is 2.51. The lowest BCUT2D eigenvalue weighted by Crippen LogP contribution is -2.20. The van der Waals surface area contributed by atoms with Gasteiger partial charge in [-0.05, 0) is 6.08 Å². The third kappa shape index (κ3) is 1.21. The van der Waals surface area contributed by atoms with E-state index in [-0.39, 0.29) is 0 Å². The fraction of sp³-hybridized carbons (Fsp3) is 0.500. The highest BCUT2D eigenvalue weighted by Crippen LogP contribution is 2.10. The molecule has 1 atom stereocenters. The Morgan fingerprint density at radius 1 is 1.89 bits per heavy atom. The van der Waals surface area contributed by atoms with Crippen molar-refractivity contribution in [2.45, 2.75) is 12.5 Å². The van der Waals surface area contributed by atoms with Crippen molar-refractivity contribution in [2.75, 3.05) is 6.61 Å². The molecule has 1 aliphatic heterocycles. The molecule has 0 amide bonds. The third-order valence-electron chi connectivity index (χ3n) is 1.18. The molecule has 0 spiro atoms. The van der Waals surface area contributed by atoms with Crippen molar-refractivity contribution < 1.29 is 4.74 Å². The summed E-state index contributed by atoms with van der Waals surface area (Å²) in [4.78, 5) is 0. The molecule has 2 N–H and O–H groups in total. The van der Waals surface area contributed by atoms with Crippen molar-refractivity contribution >= 4 is 0 Å². The quantitative estimate of drug-likeness (QED) is 0.541. The Balaban J connectivity index is 2.53. The molecule has 0 aromatic rings. The van der Waals surface area contributed by atoms with Crippen LogP contribution in [0, 0.1) is 11.3 Å². The van der Waals surface area contributed by atoms with Gasteiger partial charge in [-0.1, -0.05) is 0 Å². The Morgan fingerprint density at radius 2 is 2.67 bits per heavy atom. The van der Waals surface area contributed by atoms with Gasteiger partial charge in [-0.3, -0.25) is 0 Å². The van der Waals surface area contributed by atoms with E-state index in [1.807, 2.05) is 12.1 Å². The van der Waals surface area contributed by atoms with E-state index in [1.54, 1.807) is 0 Å². The number of hydrogen-bond acceptors (Lipinski definition) is 3. The van der Waals surface area contributed by atoms with Gasteiger partial charge < -0.3 is 10.5 Å². The lowest BCUT2D eigenvalue weighted by Gasteiger charge is -2.02. The fourth-order valence-corrected chi connectivity index (χ4v) is 0.717. The summed E-state index contributed by atoms with van der Waals surface area (Å²) in [7, 11) is 0. The van der Waals surface area contributed by atoms with Gasteiger partial charge in [-0.2, -0.15) is 5.26 Å². The fourth-order valence-electron chi connectivity index (χ4n) is 0.717. The number of rotatable bonds is 1. The number of nitrogens with two attached hydrogens (primary N) is 1. The van der Waals surface area contributed by atoms with Crippen molar-refractivity contribution in [3.8, 4) is 6.07 Å². The van der Waals surface area contributed by atoms with Crippen molar-refractivity contribution in [1.82, 2.24) is 0 Å². The van der Waals surface area contributed by atoms with E-state index in [1.165, 1.54) is 0 Å². The maximum atomic E-state index is 8.30. The van der Waals surface area contributed by atoms with Gasteiger partial charge in [0.25, 0.3) is 0 Å². The Labute approximate surface area is 53.7 Å². The van der Waals surface area contributed by atoms with Crippen LogP contribution in [0.2, 0.25) is 0 Å². The van der Waals surface area contributed by atoms with Crippen molar-refractivity contribution in [3.63, 3.8) is 0 Å². The zero-order valence-electron chi connectivity index (χ0n) is 5.00. The van der Waals surface area contributed by atoms with E-state index in [0.29, 0.717) is 12.4 Å². The van der Waals surface area contributed by atoms with Gasteiger partial charge in [0, 0.05) is 6.42 Å². The molecule has 1 aliphatic rings. The van der Waals surface area contributed by atoms with Gasteiger partial charge in [-0.15, -0.1) is 0 Å². The summed E-state index contributed by atoms with van der Waals surface area (Å²) < 4.78 is 5.02. The van der Waals surface area contributed by atoms with Crippen LogP contribution in [0.3, 0.4) is 0 Å². The van der Waals surface area contributed by atoms with Gasteiger partial charge in [0.1, 0.15) is 5.76 Å². The van der Waals surface area contributed by atoms with Crippen LogP contribution >= 0.6 is 0 Å². The first-order valence-corrected chi connectivity index (χ1v) is 2.82. The summed E-state index contributed by atoms with van der Waals surface area (Å²) >= 11 is 0. The molecular formula is C6H8N2O. The van der Waals surface area contributed by atoms with Gasteiger partial charge in [0.15, 0.2) is 6.04 Å². The SMILES string of the molecule is N#CC(N)C1=CCCO1. The second-order valence-corrected chi connectivity index (χ2v) is 1.85. The summed E-state index contributed by atoms with van der Waals surface area (Å²) in [5.74, 6) is 0.623. The van der Waals surface area contributed by atoms with Crippen LogP contribution in [0.4, 0.5) is 0 Å². The highest BCUT2D eigenvalue weighted by Gasteiger charge is 2.12. The van der Waals surface area contributed by atoms with Crippen LogP contribution < -0.4 is 5.73 Å². The summed E-state index contributed by atoms with van der Waals surface area (Å²) in [5, 5.41) is 8.30. The van der Waals surface area contributed by atoms with Crippen molar-refractivity contribution in [2.24, 2.45) is 5.73 Å². The molecule has 3 heteroatoms. The highest BCUT2D eigenvalue weighted by molar-refractivity contribution is 5.14. The van der Waals surface area contributed by atoms with Crippen LogP contribution in [0.15, 0.2) is 11.8 Å². The predicted octanol–water partition coefficient (Wildman–Crippen LogP) is 0.141. The van der Waals surface area contributed by atoms with E-state index in [4.69, 9.17) is 15.7 Å². The largest absolute Gasteiger partial charge is 0.495 e. The summed E-state index contributed by atoms with van der Waals surface area (Å²) in [5.41, 5.74) is 5.32. The summed E-state index contributed by atoms with van der Waals surface area (Å²) in [6, 6.07) is 1.33. The molecule has 0 aromatic carbocycles. The average Bonchev–Trinajstić information content (AvgIpc) is 2.37. The minimum Gasteiger partial charge on any atom is -0.495 e. The zero-order chi connectivity index (χ0) is 6.69. The molecule has 1 unspecified atom stereocenters. The lowest BCUT2D eigenvalue weighted by atomic mass is 10.3.